The van der Waals surface area contributed by atoms with Gasteiger partial charge in [-0.2, -0.15) is 0 Å². The number of carboxylic acids is 1. The third kappa shape index (κ3) is 3.50. The summed E-state index contributed by atoms with van der Waals surface area (Å²) in [5.74, 6) is -1.49. The molecule has 3 amide bonds. The summed E-state index contributed by atoms with van der Waals surface area (Å²) in [7, 11) is 1.56. The van der Waals surface area contributed by atoms with E-state index in [-0.39, 0.29) is 23.3 Å². The highest BCUT2D eigenvalue weighted by Gasteiger charge is 2.44. The zero-order valence-electron chi connectivity index (χ0n) is 18.6. The van der Waals surface area contributed by atoms with Gasteiger partial charge in [-0.1, -0.05) is 55.5 Å². The molecule has 0 spiro atoms. The molecule has 2 aromatic rings. The summed E-state index contributed by atoms with van der Waals surface area (Å²) in [5, 5.41) is 9.97. The van der Waals surface area contributed by atoms with Gasteiger partial charge in [0.25, 0.3) is 0 Å². The van der Waals surface area contributed by atoms with Crippen LogP contribution in [-0.2, 0) is 22.7 Å². The molecule has 3 aliphatic rings. The summed E-state index contributed by atoms with van der Waals surface area (Å²) in [5.41, 5.74) is 3.53. The lowest BCUT2D eigenvalue weighted by molar-refractivity contribution is -0.132. The number of hydrogen-bond acceptors (Lipinski definition) is 3. The molecule has 2 aliphatic heterocycles. The number of amides is 3. The number of carbonyl (C=O) groups excluding carboxylic acids is 2. The van der Waals surface area contributed by atoms with Gasteiger partial charge in [0.1, 0.15) is 0 Å². The molecule has 2 unspecified atom stereocenters. The van der Waals surface area contributed by atoms with Crippen molar-refractivity contribution in [1.82, 2.24) is 14.4 Å². The molecule has 1 aromatic heterocycles. The van der Waals surface area contributed by atoms with E-state index in [2.05, 4.69) is 35.8 Å². The molecule has 1 fully saturated rings. The van der Waals surface area contributed by atoms with Gasteiger partial charge in [0.15, 0.2) is 0 Å². The Labute approximate surface area is 191 Å². The molecular formula is C26H25N3O4. The lowest BCUT2D eigenvalue weighted by Crippen LogP contribution is -2.56. The minimum Gasteiger partial charge on any atom is -0.478 e. The number of imide groups is 1. The summed E-state index contributed by atoms with van der Waals surface area (Å²) in [6.07, 6.45) is 12.6. The highest BCUT2D eigenvalue weighted by Crippen LogP contribution is 2.42. The van der Waals surface area contributed by atoms with Gasteiger partial charge in [-0.15, -0.1) is 0 Å². The second kappa shape index (κ2) is 7.62. The lowest BCUT2D eigenvalue weighted by Gasteiger charge is -2.41. The quantitative estimate of drug-likeness (QED) is 0.728. The van der Waals surface area contributed by atoms with Gasteiger partial charge in [-0.25, -0.2) is 9.59 Å². The fourth-order valence-corrected chi connectivity index (χ4v) is 5.07. The molecule has 2 bridgehead atoms. The Balaban J connectivity index is 1.57. The molecule has 2 atom stereocenters. The summed E-state index contributed by atoms with van der Waals surface area (Å²) in [6.45, 7) is 3.62. The number of benzene rings is 1. The Hall–Kier alpha value is -3.87. The number of aromatic nitrogens is 1. The van der Waals surface area contributed by atoms with Gasteiger partial charge in [-0.05, 0) is 23.3 Å². The van der Waals surface area contributed by atoms with Crippen molar-refractivity contribution in [1.29, 1.82) is 0 Å². The van der Waals surface area contributed by atoms with Crippen molar-refractivity contribution in [3.8, 4) is 0 Å². The summed E-state index contributed by atoms with van der Waals surface area (Å²) in [6, 6.07) is 7.85. The van der Waals surface area contributed by atoms with Crippen LogP contribution in [0, 0.1) is 5.41 Å². The molecule has 0 radical (unpaired) electrons. The van der Waals surface area contributed by atoms with Crippen LogP contribution in [0.15, 0.2) is 72.4 Å². The van der Waals surface area contributed by atoms with Gasteiger partial charge in [0.2, 0.25) is 5.91 Å². The van der Waals surface area contributed by atoms with Gasteiger partial charge in [-0.3, -0.25) is 9.69 Å². The summed E-state index contributed by atoms with van der Waals surface area (Å²) < 4.78 is 2.24. The maximum absolute atomic E-state index is 13.0. The molecule has 1 aliphatic carbocycles. The van der Waals surface area contributed by atoms with Gasteiger partial charge in [0.05, 0.1) is 12.5 Å². The number of urea groups is 1. The monoisotopic (exact) mass is 443 g/mol. The van der Waals surface area contributed by atoms with Crippen LogP contribution in [0.5, 0.6) is 0 Å². The minimum absolute atomic E-state index is 0.153. The third-order valence-electron chi connectivity index (χ3n) is 6.74. The Bertz CT molecular complexity index is 1310. The van der Waals surface area contributed by atoms with Crippen molar-refractivity contribution < 1.29 is 19.5 Å². The second-order valence-corrected chi connectivity index (χ2v) is 9.11. The number of aliphatic carboxylic acids is 1. The van der Waals surface area contributed by atoms with Crippen LogP contribution < -0.4 is 0 Å². The SMILES string of the molecule is CN1C(=O)C2CN(Cc3c2c2ccccc2n3CC2(C)C=CC=C(/C=C/C(=O)O)C=C2)C1=O. The molecule has 168 valence electrons. The number of nitrogens with zero attached hydrogens (tertiary/aromatic N) is 3. The van der Waals surface area contributed by atoms with E-state index in [4.69, 9.17) is 5.11 Å². The van der Waals surface area contributed by atoms with Crippen molar-refractivity contribution in [3.05, 3.63) is 83.6 Å². The number of hydrogen-bond donors (Lipinski definition) is 1. The average molecular weight is 444 g/mol. The van der Waals surface area contributed by atoms with Crippen molar-refractivity contribution in [2.75, 3.05) is 13.6 Å². The highest BCUT2D eigenvalue weighted by atomic mass is 16.4. The zero-order valence-corrected chi connectivity index (χ0v) is 18.6. The molecule has 33 heavy (non-hydrogen) atoms. The lowest BCUT2D eigenvalue weighted by atomic mass is 9.88. The fourth-order valence-electron chi connectivity index (χ4n) is 5.07. The van der Waals surface area contributed by atoms with Crippen LogP contribution in [-0.4, -0.2) is 51.0 Å². The molecule has 1 saturated heterocycles. The Kier molecular flexibility index (Phi) is 4.85. The van der Waals surface area contributed by atoms with E-state index in [1.807, 2.05) is 30.4 Å². The highest BCUT2D eigenvalue weighted by molar-refractivity contribution is 6.04. The normalized spacial score (nSPS) is 24.4. The van der Waals surface area contributed by atoms with Crippen LogP contribution in [0.3, 0.4) is 0 Å². The van der Waals surface area contributed by atoms with E-state index < -0.39 is 5.97 Å². The topological polar surface area (TPSA) is 82.8 Å². The van der Waals surface area contributed by atoms with Gasteiger partial charge in [0, 0.05) is 48.2 Å². The van der Waals surface area contributed by atoms with E-state index in [1.165, 1.54) is 4.90 Å². The number of carbonyl (C=O) groups is 3. The van der Waals surface area contributed by atoms with E-state index >= 15 is 0 Å². The minimum atomic E-state index is -0.985. The van der Waals surface area contributed by atoms with Crippen LogP contribution in [0.2, 0.25) is 0 Å². The average Bonchev–Trinajstić information content (AvgIpc) is 2.97. The van der Waals surface area contributed by atoms with Crippen LogP contribution in [0.4, 0.5) is 4.79 Å². The number of likely N-dealkylation sites (N-methyl/N-ethyl adjacent to an activating group) is 1. The zero-order chi connectivity index (χ0) is 23.3. The van der Waals surface area contributed by atoms with E-state index in [0.29, 0.717) is 19.6 Å². The van der Waals surface area contributed by atoms with Gasteiger partial charge >= 0.3 is 12.0 Å². The van der Waals surface area contributed by atoms with Crippen LogP contribution in [0.25, 0.3) is 10.9 Å². The van der Waals surface area contributed by atoms with E-state index in [0.717, 1.165) is 33.8 Å². The first-order valence-corrected chi connectivity index (χ1v) is 10.9. The molecule has 1 aromatic carbocycles. The second-order valence-electron chi connectivity index (χ2n) is 9.11. The van der Waals surface area contributed by atoms with Crippen molar-refractivity contribution in [2.24, 2.45) is 5.41 Å². The number of para-hydroxylation sites is 1. The Morgan fingerprint density at radius 3 is 2.82 bits per heavy atom. The number of carboxylic acid groups (broad SMARTS) is 1. The predicted molar refractivity (Wildman–Crippen MR) is 125 cm³/mol. The molecule has 1 N–H and O–H groups in total. The summed E-state index contributed by atoms with van der Waals surface area (Å²) >= 11 is 0. The molecular weight excluding hydrogens is 418 g/mol. The standard InChI is InChI=1S/C26H25N3O4/c1-26(12-5-6-17(11-13-26)9-10-22(30)31)16-29-20-8-4-3-7-18(20)23-19-14-28(15-21(23)29)25(33)27(2)24(19)32/h3-13,19H,14-16H2,1-2H3,(H,30,31)/b10-9+. The first kappa shape index (κ1) is 21.0. The van der Waals surface area contributed by atoms with Gasteiger partial charge < -0.3 is 14.6 Å². The van der Waals surface area contributed by atoms with Crippen molar-refractivity contribution in [3.63, 3.8) is 0 Å². The summed E-state index contributed by atoms with van der Waals surface area (Å²) in [4.78, 5) is 39.5. The Morgan fingerprint density at radius 1 is 1.24 bits per heavy atom. The van der Waals surface area contributed by atoms with Crippen molar-refractivity contribution >= 4 is 28.8 Å². The fraction of sp³-hybridized carbons (Fsp3) is 0.269. The van der Waals surface area contributed by atoms with Crippen molar-refractivity contribution in [2.45, 2.75) is 25.9 Å². The largest absolute Gasteiger partial charge is 0.478 e. The third-order valence-corrected chi connectivity index (χ3v) is 6.74. The maximum atomic E-state index is 13.0. The molecule has 0 saturated carbocycles. The van der Waals surface area contributed by atoms with E-state index in [9.17, 15) is 14.4 Å². The predicted octanol–water partition coefficient (Wildman–Crippen LogP) is 3.83. The number of fused-ring (bicyclic) bond motifs is 6. The molecule has 3 heterocycles. The van der Waals surface area contributed by atoms with Crippen LogP contribution in [0.1, 0.15) is 24.1 Å². The molecule has 7 nitrogen and oxygen atoms in total. The smallest absolute Gasteiger partial charge is 0.328 e. The first-order chi connectivity index (χ1) is 15.8. The maximum Gasteiger partial charge on any atom is 0.328 e. The van der Waals surface area contributed by atoms with Crippen LogP contribution >= 0.6 is 0 Å². The number of rotatable bonds is 4. The molecule has 7 heteroatoms. The van der Waals surface area contributed by atoms with E-state index in [1.54, 1.807) is 18.0 Å². The molecule has 5 rings (SSSR count). The number of allylic oxidation sites excluding steroid dienone is 7. The first-order valence-electron chi connectivity index (χ1n) is 10.9. The Morgan fingerprint density at radius 2 is 2.03 bits per heavy atom.